The predicted molar refractivity (Wildman–Crippen MR) is 136 cm³/mol. The molecule has 36 heavy (non-hydrogen) atoms. The molecule has 0 saturated carbocycles. The van der Waals surface area contributed by atoms with Crippen LogP contribution in [0.2, 0.25) is 0 Å². The smallest absolute Gasteiger partial charge is 0.264 e. The highest BCUT2D eigenvalue weighted by atomic mass is 32.2. The second kappa shape index (κ2) is 9.91. The van der Waals surface area contributed by atoms with Gasteiger partial charge in [-0.15, -0.1) is 0 Å². The number of phenolic OH excluding ortho intramolecular Hbond substituents is 1. The van der Waals surface area contributed by atoms with Gasteiger partial charge >= 0.3 is 0 Å². The Balaban J connectivity index is 1.40. The fourth-order valence-electron chi connectivity index (χ4n) is 4.80. The third-order valence-corrected chi connectivity index (χ3v) is 8.67. The Labute approximate surface area is 211 Å². The summed E-state index contributed by atoms with van der Waals surface area (Å²) in [6.45, 7) is 3.99. The third-order valence-electron chi connectivity index (χ3n) is 6.77. The number of para-hydroxylation sites is 1. The van der Waals surface area contributed by atoms with Gasteiger partial charge in [-0.2, -0.15) is 0 Å². The van der Waals surface area contributed by atoms with Gasteiger partial charge in [-0.3, -0.25) is 9.21 Å². The van der Waals surface area contributed by atoms with Crippen LogP contribution in [0.4, 0.5) is 5.69 Å². The molecule has 0 amide bonds. The number of hydrogen-bond donors (Lipinski definition) is 1. The minimum atomic E-state index is -3.82. The van der Waals surface area contributed by atoms with Crippen molar-refractivity contribution in [2.45, 2.75) is 37.2 Å². The van der Waals surface area contributed by atoms with Crippen LogP contribution in [0.5, 0.6) is 23.0 Å². The van der Waals surface area contributed by atoms with Crippen LogP contribution >= 0.6 is 0 Å². The quantitative estimate of drug-likeness (QED) is 0.507. The molecule has 1 saturated heterocycles. The molecule has 3 aromatic carbocycles. The molecule has 190 valence electrons. The molecule has 8 nitrogen and oxygen atoms in total. The van der Waals surface area contributed by atoms with Crippen LogP contribution in [0, 0.1) is 6.92 Å². The number of fused-ring (bicyclic) bond motifs is 1. The molecular formula is C27H30N2O6S. The first-order valence-corrected chi connectivity index (χ1v) is 13.4. The number of likely N-dealkylation sites (tertiary alicyclic amines) is 1. The molecule has 5 rings (SSSR count). The van der Waals surface area contributed by atoms with Crippen molar-refractivity contribution in [1.29, 1.82) is 0 Å². The lowest BCUT2D eigenvalue weighted by molar-refractivity contribution is 0.174. The number of aryl methyl sites for hydroxylation is 1. The van der Waals surface area contributed by atoms with Gasteiger partial charge in [-0.25, -0.2) is 8.42 Å². The van der Waals surface area contributed by atoms with Crippen molar-refractivity contribution in [1.82, 2.24) is 4.90 Å². The van der Waals surface area contributed by atoms with Crippen molar-refractivity contribution < 1.29 is 27.7 Å². The Hall–Kier alpha value is -3.43. The van der Waals surface area contributed by atoms with E-state index < -0.39 is 10.0 Å². The number of rotatable bonds is 7. The van der Waals surface area contributed by atoms with Gasteiger partial charge in [0, 0.05) is 37.3 Å². The van der Waals surface area contributed by atoms with E-state index in [1.807, 2.05) is 31.2 Å². The molecule has 0 aliphatic carbocycles. The first-order valence-electron chi connectivity index (χ1n) is 11.9. The molecule has 0 radical (unpaired) electrons. The van der Waals surface area contributed by atoms with Crippen LogP contribution in [0.1, 0.15) is 24.0 Å². The van der Waals surface area contributed by atoms with E-state index in [0.29, 0.717) is 55.4 Å². The maximum Gasteiger partial charge on any atom is 0.264 e. The van der Waals surface area contributed by atoms with Crippen LogP contribution < -0.4 is 18.5 Å². The maximum absolute atomic E-state index is 13.9. The second-order valence-corrected chi connectivity index (χ2v) is 10.9. The summed E-state index contributed by atoms with van der Waals surface area (Å²) in [5.74, 6) is 1.74. The Kier molecular flexibility index (Phi) is 6.68. The highest BCUT2D eigenvalue weighted by Crippen LogP contribution is 2.39. The highest BCUT2D eigenvalue weighted by molar-refractivity contribution is 7.92. The molecule has 0 unspecified atom stereocenters. The molecule has 0 atom stereocenters. The van der Waals surface area contributed by atoms with Crippen molar-refractivity contribution >= 4 is 15.7 Å². The topological polar surface area (TPSA) is 88.5 Å². The van der Waals surface area contributed by atoms with Gasteiger partial charge in [0.1, 0.15) is 0 Å². The number of sulfonamides is 1. The van der Waals surface area contributed by atoms with Gasteiger partial charge in [0.25, 0.3) is 10.0 Å². The average molecular weight is 511 g/mol. The van der Waals surface area contributed by atoms with Gasteiger partial charge in [-0.1, -0.05) is 29.8 Å². The standard InChI is InChI=1S/C27H30N2O6S/c1-19-6-9-23(10-7-19)36(31,32)29(22-8-11-24-26(16-22)35-18-34-24)21-12-14-28(15-13-21)17-20-4-3-5-25(33-2)27(20)30/h3-11,16,21,30H,12-15,17-18H2,1-2H3. The summed E-state index contributed by atoms with van der Waals surface area (Å²) in [4.78, 5) is 2.48. The second-order valence-electron chi connectivity index (χ2n) is 9.13. The zero-order chi connectivity index (χ0) is 25.3. The molecule has 1 N–H and O–H groups in total. The van der Waals surface area contributed by atoms with Crippen LogP contribution in [-0.2, 0) is 16.6 Å². The largest absolute Gasteiger partial charge is 0.504 e. The van der Waals surface area contributed by atoms with E-state index >= 15 is 0 Å². The first kappa shape index (κ1) is 24.3. The van der Waals surface area contributed by atoms with Crippen LogP contribution in [0.25, 0.3) is 0 Å². The number of ether oxygens (including phenoxy) is 3. The van der Waals surface area contributed by atoms with Gasteiger partial charge in [0.05, 0.1) is 17.7 Å². The van der Waals surface area contributed by atoms with Gasteiger partial charge in [-0.05, 0) is 50.1 Å². The molecule has 2 aliphatic rings. The van der Waals surface area contributed by atoms with Crippen molar-refractivity contribution in [3.63, 3.8) is 0 Å². The number of anilines is 1. The van der Waals surface area contributed by atoms with E-state index in [0.717, 1.165) is 11.1 Å². The van der Waals surface area contributed by atoms with Crippen molar-refractivity contribution in [2.75, 3.05) is 31.3 Å². The number of nitrogens with zero attached hydrogens (tertiary/aromatic N) is 2. The van der Waals surface area contributed by atoms with Gasteiger partial charge in [0.2, 0.25) is 6.79 Å². The third kappa shape index (κ3) is 4.68. The van der Waals surface area contributed by atoms with E-state index in [9.17, 15) is 13.5 Å². The number of benzene rings is 3. The molecule has 2 aliphatic heterocycles. The van der Waals surface area contributed by atoms with Crippen LogP contribution in [-0.4, -0.2) is 51.5 Å². The summed E-state index contributed by atoms with van der Waals surface area (Å²) in [6, 6.07) is 17.5. The monoisotopic (exact) mass is 510 g/mol. The van der Waals surface area contributed by atoms with E-state index in [1.54, 1.807) is 40.7 Å². The number of phenols is 1. The Bertz CT molecular complexity index is 1330. The molecule has 3 aromatic rings. The zero-order valence-corrected chi connectivity index (χ0v) is 21.2. The molecular weight excluding hydrogens is 480 g/mol. The van der Waals surface area contributed by atoms with Crippen molar-refractivity contribution in [2.24, 2.45) is 0 Å². The van der Waals surface area contributed by atoms with E-state index in [-0.39, 0.29) is 23.5 Å². The molecule has 2 heterocycles. The van der Waals surface area contributed by atoms with E-state index in [2.05, 4.69) is 4.90 Å². The van der Waals surface area contributed by atoms with E-state index in [1.165, 1.54) is 7.11 Å². The lowest BCUT2D eigenvalue weighted by Gasteiger charge is -2.39. The van der Waals surface area contributed by atoms with Crippen molar-refractivity contribution in [3.8, 4) is 23.0 Å². The highest BCUT2D eigenvalue weighted by Gasteiger charge is 2.35. The summed E-state index contributed by atoms with van der Waals surface area (Å²) in [7, 11) is -2.29. The SMILES string of the molecule is COc1cccc(CN2CCC(N(c3ccc4c(c3)OCO4)S(=O)(=O)c3ccc(C)cc3)CC2)c1O. The fourth-order valence-corrected chi connectivity index (χ4v) is 6.51. The molecule has 0 spiro atoms. The Morgan fingerprint density at radius 2 is 1.75 bits per heavy atom. The first-order chi connectivity index (χ1) is 17.4. The minimum absolute atomic E-state index is 0.124. The average Bonchev–Trinajstić information content (AvgIpc) is 3.35. The molecule has 9 heteroatoms. The van der Waals surface area contributed by atoms with Gasteiger partial charge in [0.15, 0.2) is 23.0 Å². The normalized spacial score (nSPS) is 16.2. The van der Waals surface area contributed by atoms with Crippen LogP contribution in [0.15, 0.2) is 65.6 Å². The summed E-state index contributed by atoms with van der Waals surface area (Å²) in [5, 5.41) is 10.5. The number of piperidine rings is 1. The van der Waals surface area contributed by atoms with Crippen LogP contribution in [0.3, 0.4) is 0 Å². The summed E-state index contributed by atoms with van der Waals surface area (Å²) < 4.78 is 45.6. The van der Waals surface area contributed by atoms with Gasteiger partial charge < -0.3 is 19.3 Å². The summed E-state index contributed by atoms with van der Waals surface area (Å²) >= 11 is 0. The molecule has 0 bridgehead atoms. The number of hydrogen-bond acceptors (Lipinski definition) is 7. The summed E-state index contributed by atoms with van der Waals surface area (Å²) in [5.41, 5.74) is 2.34. The molecule has 1 fully saturated rings. The zero-order valence-electron chi connectivity index (χ0n) is 20.4. The van der Waals surface area contributed by atoms with Crippen molar-refractivity contribution in [3.05, 3.63) is 71.8 Å². The number of aromatic hydroxyl groups is 1. The van der Waals surface area contributed by atoms with E-state index in [4.69, 9.17) is 14.2 Å². The number of methoxy groups -OCH3 is 1. The maximum atomic E-state index is 13.9. The molecule has 0 aromatic heterocycles. The fraction of sp³-hybridized carbons (Fsp3) is 0.333. The lowest BCUT2D eigenvalue weighted by Crippen LogP contribution is -2.47. The summed E-state index contributed by atoms with van der Waals surface area (Å²) in [6.07, 6.45) is 1.29. The Morgan fingerprint density at radius 1 is 1.03 bits per heavy atom. The lowest BCUT2D eigenvalue weighted by atomic mass is 10.0. The predicted octanol–water partition coefficient (Wildman–Crippen LogP) is 4.30. The Morgan fingerprint density at radius 3 is 2.47 bits per heavy atom. The minimum Gasteiger partial charge on any atom is -0.504 e.